The molecule has 1 atom stereocenters. The van der Waals surface area contributed by atoms with Crippen molar-refractivity contribution in [3.63, 3.8) is 0 Å². The minimum Gasteiger partial charge on any atom is -0.326 e. The molecule has 1 fully saturated rings. The van der Waals surface area contributed by atoms with Crippen molar-refractivity contribution in [2.75, 3.05) is 14.1 Å². The van der Waals surface area contributed by atoms with Crippen LogP contribution in [0.5, 0.6) is 0 Å². The van der Waals surface area contributed by atoms with E-state index < -0.39 is 0 Å². The first-order valence-corrected chi connectivity index (χ1v) is 6.85. The fraction of sp³-hybridized carbons (Fsp3) is 1.00. The molecule has 2 N–H and O–H groups in total. The largest absolute Gasteiger partial charge is 0.326 e. The highest BCUT2D eigenvalue weighted by Crippen LogP contribution is 2.31. The Labute approximate surface area is 102 Å². The molecule has 1 aliphatic rings. The van der Waals surface area contributed by atoms with Gasteiger partial charge in [0.15, 0.2) is 0 Å². The van der Waals surface area contributed by atoms with Gasteiger partial charge in [-0.15, -0.1) is 0 Å². The third kappa shape index (κ3) is 4.84. The molecule has 0 aromatic heterocycles. The smallest absolute Gasteiger partial charge is 0.0118 e. The summed E-state index contributed by atoms with van der Waals surface area (Å²) in [7, 11) is 4.45. The summed E-state index contributed by atoms with van der Waals surface area (Å²) in [4.78, 5) is 2.42. The van der Waals surface area contributed by atoms with Crippen LogP contribution in [0.15, 0.2) is 0 Å². The topological polar surface area (TPSA) is 29.3 Å². The van der Waals surface area contributed by atoms with Crippen molar-refractivity contribution in [1.82, 2.24) is 4.90 Å². The third-order valence-corrected chi connectivity index (χ3v) is 3.94. The van der Waals surface area contributed by atoms with Gasteiger partial charge in [0.2, 0.25) is 0 Å². The number of rotatable bonds is 5. The zero-order valence-electron chi connectivity index (χ0n) is 11.6. The second-order valence-electron chi connectivity index (χ2n) is 6.46. The van der Waals surface area contributed by atoms with Crippen LogP contribution in [0.2, 0.25) is 0 Å². The van der Waals surface area contributed by atoms with Crippen molar-refractivity contribution >= 4 is 0 Å². The molecule has 0 amide bonds. The minimum absolute atomic E-state index is 0.0110. The Balaban J connectivity index is 2.46. The first-order valence-electron chi connectivity index (χ1n) is 6.85. The molecule has 0 aromatic carbocycles. The zero-order chi connectivity index (χ0) is 12.2. The van der Waals surface area contributed by atoms with Crippen LogP contribution in [0.4, 0.5) is 0 Å². The number of hydrogen-bond acceptors (Lipinski definition) is 2. The van der Waals surface area contributed by atoms with Crippen LogP contribution in [0, 0.1) is 5.92 Å². The molecule has 0 saturated heterocycles. The van der Waals surface area contributed by atoms with Gasteiger partial charge in [-0.3, -0.25) is 0 Å². The molecule has 1 saturated carbocycles. The van der Waals surface area contributed by atoms with Gasteiger partial charge >= 0.3 is 0 Å². The molecule has 0 radical (unpaired) electrons. The summed E-state index contributed by atoms with van der Waals surface area (Å²) in [5, 5.41) is 0. The summed E-state index contributed by atoms with van der Waals surface area (Å²) < 4.78 is 0. The fourth-order valence-corrected chi connectivity index (χ4v) is 2.95. The van der Waals surface area contributed by atoms with Crippen molar-refractivity contribution in [2.45, 2.75) is 70.4 Å². The molecule has 0 heterocycles. The van der Waals surface area contributed by atoms with Gasteiger partial charge in [0.1, 0.15) is 0 Å². The molecule has 0 bridgehead atoms. The van der Waals surface area contributed by atoms with Gasteiger partial charge < -0.3 is 10.6 Å². The molecular weight excluding hydrogens is 196 g/mol. The summed E-state index contributed by atoms with van der Waals surface area (Å²) in [5.74, 6) is 0.908. The van der Waals surface area contributed by atoms with Crippen molar-refractivity contribution in [3.8, 4) is 0 Å². The Morgan fingerprint density at radius 3 is 2.19 bits per heavy atom. The van der Waals surface area contributed by atoms with E-state index in [9.17, 15) is 0 Å². The molecular formula is C14H30N2. The Kier molecular flexibility index (Phi) is 5.26. The molecule has 2 heteroatoms. The zero-order valence-corrected chi connectivity index (χ0v) is 11.6. The van der Waals surface area contributed by atoms with Gasteiger partial charge in [0.05, 0.1) is 0 Å². The van der Waals surface area contributed by atoms with E-state index in [2.05, 4.69) is 32.8 Å². The normalized spacial score (nSPS) is 21.4. The molecule has 0 aromatic rings. The van der Waals surface area contributed by atoms with E-state index in [1.807, 2.05) is 0 Å². The van der Waals surface area contributed by atoms with Gasteiger partial charge in [0, 0.05) is 11.6 Å². The monoisotopic (exact) mass is 226 g/mol. The van der Waals surface area contributed by atoms with E-state index in [1.54, 1.807) is 0 Å². The maximum atomic E-state index is 6.09. The minimum atomic E-state index is -0.0110. The van der Waals surface area contributed by atoms with E-state index >= 15 is 0 Å². The summed E-state index contributed by atoms with van der Waals surface area (Å²) in [6, 6.07) is 0.739. The second-order valence-corrected chi connectivity index (χ2v) is 6.46. The molecule has 1 rings (SSSR count). The van der Waals surface area contributed by atoms with Gasteiger partial charge in [-0.25, -0.2) is 0 Å². The van der Waals surface area contributed by atoms with Crippen LogP contribution in [0.3, 0.4) is 0 Å². The lowest BCUT2D eigenvalue weighted by atomic mass is 9.80. The van der Waals surface area contributed by atoms with E-state index in [0.717, 1.165) is 18.4 Å². The molecule has 1 unspecified atom stereocenters. The number of nitrogens with zero attached hydrogens (tertiary/aromatic N) is 1. The van der Waals surface area contributed by atoms with Crippen LogP contribution in [0.25, 0.3) is 0 Å². The predicted molar refractivity (Wildman–Crippen MR) is 71.6 cm³/mol. The molecule has 16 heavy (non-hydrogen) atoms. The van der Waals surface area contributed by atoms with E-state index in [1.165, 1.54) is 38.5 Å². The lowest BCUT2D eigenvalue weighted by molar-refractivity contribution is 0.151. The average molecular weight is 226 g/mol. The Morgan fingerprint density at radius 2 is 1.75 bits per heavy atom. The Hall–Kier alpha value is -0.0800. The second kappa shape index (κ2) is 6.02. The lowest BCUT2D eigenvalue weighted by Gasteiger charge is -2.36. The van der Waals surface area contributed by atoms with Crippen LogP contribution in [-0.4, -0.2) is 30.6 Å². The van der Waals surface area contributed by atoms with E-state index in [-0.39, 0.29) is 5.54 Å². The summed E-state index contributed by atoms with van der Waals surface area (Å²) in [6.07, 6.45) is 9.54. The highest BCUT2D eigenvalue weighted by atomic mass is 15.1. The summed E-state index contributed by atoms with van der Waals surface area (Å²) >= 11 is 0. The first kappa shape index (κ1) is 14.0. The predicted octanol–water partition coefficient (Wildman–Crippen LogP) is 3.01. The maximum absolute atomic E-state index is 6.09. The standard InChI is InChI=1S/C14H30N2/c1-14(2,15)11-10-13(16(3)4)12-8-6-5-7-9-12/h12-13H,5-11,15H2,1-4H3. The van der Waals surface area contributed by atoms with Crippen LogP contribution in [0.1, 0.15) is 58.8 Å². The van der Waals surface area contributed by atoms with E-state index in [0.29, 0.717) is 0 Å². The number of nitrogens with two attached hydrogens (primary N) is 1. The van der Waals surface area contributed by atoms with Gasteiger partial charge in [0.25, 0.3) is 0 Å². The molecule has 0 spiro atoms. The lowest BCUT2D eigenvalue weighted by Crippen LogP contribution is -2.40. The third-order valence-electron chi connectivity index (χ3n) is 3.94. The maximum Gasteiger partial charge on any atom is 0.0118 e. The van der Waals surface area contributed by atoms with Crippen LogP contribution in [-0.2, 0) is 0 Å². The highest BCUT2D eigenvalue weighted by molar-refractivity contribution is 4.82. The van der Waals surface area contributed by atoms with Crippen molar-refractivity contribution in [3.05, 3.63) is 0 Å². The highest BCUT2D eigenvalue weighted by Gasteiger charge is 2.26. The number of hydrogen-bond donors (Lipinski definition) is 1. The van der Waals surface area contributed by atoms with Crippen molar-refractivity contribution < 1.29 is 0 Å². The van der Waals surface area contributed by atoms with Gasteiger partial charge in [-0.2, -0.15) is 0 Å². The SMILES string of the molecule is CN(C)C(CCC(C)(C)N)C1CCCCC1. The molecule has 96 valence electrons. The molecule has 2 nitrogen and oxygen atoms in total. The van der Waals surface area contributed by atoms with Gasteiger partial charge in [-0.05, 0) is 59.5 Å². The van der Waals surface area contributed by atoms with Crippen molar-refractivity contribution in [2.24, 2.45) is 11.7 Å². The van der Waals surface area contributed by atoms with Crippen LogP contribution < -0.4 is 5.73 Å². The van der Waals surface area contributed by atoms with Crippen LogP contribution >= 0.6 is 0 Å². The summed E-state index contributed by atoms with van der Waals surface area (Å²) in [5.41, 5.74) is 6.08. The van der Waals surface area contributed by atoms with Gasteiger partial charge in [-0.1, -0.05) is 19.3 Å². The average Bonchev–Trinajstić information content (AvgIpc) is 2.17. The first-order chi connectivity index (χ1) is 7.40. The van der Waals surface area contributed by atoms with Crippen molar-refractivity contribution in [1.29, 1.82) is 0 Å². The molecule has 1 aliphatic carbocycles. The van der Waals surface area contributed by atoms with E-state index in [4.69, 9.17) is 5.73 Å². The fourth-order valence-electron chi connectivity index (χ4n) is 2.95. The quantitative estimate of drug-likeness (QED) is 0.781. The Bertz CT molecular complexity index is 187. The Morgan fingerprint density at radius 1 is 1.19 bits per heavy atom. The summed E-state index contributed by atoms with van der Waals surface area (Å²) in [6.45, 7) is 4.28. The molecule has 0 aliphatic heterocycles.